The average Bonchev–Trinajstić information content (AvgIpc) is 3.29. The molecule has 0 saturated carbocycles. The van der Waals surface area contributed by atoms with Crippen LogP contribution in [0.4, 0.5) is 0 Å². The molecule has 1 aromatic carbocycles. The third-order valence-electron chi connectivity index (χ3n) is 4.89. The lowest BCUT2D eigenvalue weighted by Gasteiger charge is -2.27. The molecular weight excluding hydrogens is 412 g/mol. The van der Waals surface area contributed by atoms with Crippen LogP contribution in [0.3, 0.4) is 0 Å². The van der Waals surface area contributed by atoms with Gasteiger partial charge in [-0.1, -0.05) is 25.1 Å². The molecule has 1 heterocycles. The molecule has 2 aromatic rings. The van der Waals surface area contributed by atoms with Crippen molar-refractivity contribution in [3.05, 3.63) is 58.8 Å². The van der Waals surface area contributed by atoms with Crippen molar-refractivity contribution in [2.75, 3.05) is 33.9 Å². The Kier molecular flexibility index (Phi) is 10.1. The maximum Gasteiger partial charge on any atom is 0.242 e. The summed E-state index contributed by atoms with van der Waals surface area (Å²) in [6.45, 7) is 7.16. The summed E-state index contributed by atoms with van der Waals surface area (Å²) in [6.07, 6.45) is 3.51. The van der Waals surface area contributed by atoms with E-state index in [1.54, 1.807) is 36.5 Å². The summed E-state index contributed by atoms with van der Waals surface area (Å²) in [5.41, 5.74) is 1.05. The van der Waals surface area contributed by atoms with Crippen LogP contribution in [0.2, 0.25) is 0 Å². The predicted octanol–water partition coefficient (Wildman–Crippen LogP) is 4.15. The Hall–Kier alpha value is -2.80. The van der Waals surface area contributed by atoms with E-state index < -0.39 is 0 Å². The van der Waals surface area contributed by atoms with Crippen LogP contribution in [0.15, 0.2) is 48.4 Å². The zero-order chi connectivity index (χ0) is 22.6. The SMILES string of the molecule is C=CCN(CC(=O)N(CCc1ccc(OC)c(OC)c1)Cc1cccs1)C(=O)CCC. The van der Waals surface area contributed by atoms with Gasteiger partial charge < -0.3 is 19.3 Å². The number of hydrogen-bond acceptors (Lipinski definition) is 5. The first-order valence-electron chi connectivity index (χ1n) is 10.4. The number of benzene rings is 1. The minimum Gasteiger partial charge on any atom is -0.493 e. The Morgan fingerprint density at radius 2 is 1.87 bits per heavy atom. The molecular formula is C24H32N2O4S. The van der Waals surface area contributed by atoms with Gasteiger partial charge in [-0.15, -0.1) is 17.9 Å². The number of methoxy groups -OCH3 is 2. The molecule has 0 aliphatic heterocycles. The van der Waals surface area contributed by atoms with Crippen molar-refractivity contribution in [3.63, 3.8) is 0 Å². The van der Waals surface area contributed by atoms with E-state index in [4.69, 9.17) is 9.47 Å². The van der Waals surface area contributed by atoms with Gasteiger partial charge in [0.2, 0.25) is 11.8 Å². The second kappa shape index (κ2) is 12.8. The van der Waals surface area contributed by atoms with Gasteiger partial charge in [-0.25, -0.2) is 0 Å². The number of hydrogen-bond donors (Lipinski definition) is 0. The zero-order valence-corrected chi connectivity index (χ0v) is 19.5. The van der Waals surface area contributed by atoms with Gasteiger partial charge in [0.25, 0.3) is 0 Å². The van der Waals surface area contributed by atoms with E-state index in [0.717, 1.165) is 16.9 Å². The summed E-state index contributed by atoms with van der Waals surface area (Å²) in [5, 5.41) is 2.00. The van der Waals surface area contributed by atoms with Gasteiger partial charge >= 0.3 is 0 Å². The fourth-order valence-electron chi connectivity index (χ4n) is 3.23. The molecule has 1 aromatic heterocycles. The van der Waals surface area contributed by atoms with Crippen molar-refractivity contribution in [1.82, 2.24) is 9.80 Å². The van der Waals surface area contributed by atoms with Crippen molar-refractivity contribution in [2.24, 2.45) is 0 Å². The molecule has 0 unspecified atom stereocenters. The van der Waals surface area contributed by atoms with Gasteiger partial charge in [-0.2, -0.15) is 0 Å². The molecule has 6 nitrogen and oxygen atoms in total. The molecule has 0 N–H and O–H groups in total. The fourth-order valence-corrected chi connectivity index (χ4v) is 3.95. The van der Waals surface area contributed by atoms with Gasteiger partial charge in [0.15, 0.2) is 11.5 Å². The Bertz CT molecular complexity index is 851. The van der Waals surface area contributed by atoms with E-state index in [1.807, 2.05) is 47.5 Å². The van der Waals surface area contributed by atoms with Gasteiger partial charge in [0, 0.05) is 24.4 Å². The van der Waals surface area contributed by atoms with Crippen LogP contribution >= 0.6 is 11.3 Å². The molecule has 0 bridgehead atoms. The van der Waals surface area contributed by atoms with Gasteiger partial charge in [-0.05, 0) is 42.0 Å². The van der Waals surface area contributed by atoms with Crippen molar-refractivity contribution < 1.29 is 19.1 Å². The molecule has 0 aliphatic carbocycles. The summed E-state index contributed by atoms with van der Waals surface area (Å²) in [6, 6.07) is 9.77. The third-order valence-corrected chi connectivity index (χ3v) is 5.75. The summed E-state index contributed by atoms with van der Waals surface area (Å²) in [7, 11) is 3.21. The summed E-state index contributed by atoms with van der Waals surface area (Å²) >= 11 is 1.62. The van der Waals surface area contributed by atoms with Gasteiger partial charge in [-0.3, -0.25) is 9.59 Å². The molecule has 2 rings (SSSR count). The van der Waals surface area contributed by atoms with E-state index >= 15 is 0 Å². The topological polar surface area (TPSA) is 59.1 Å². The molecule has 2 amide bonds. The van der Waals surface area contributed by atoms with Crippen LogP contribution < -0.4 is 9.47 Å². The van der Waals surface area contributed by atoms with E-state index in [2.05, 4.69) is 6.58 Å². The Morgan fingerprint density at radius 3 is 2.48 bits per heavy atom. The van der Waals surface area contributed by atoms with Crippen molar-refractivity contribution in [1.29, 1.82) is 0 Å². The molecule has 0 fully saturated rings. The number of carbonyl (C=O) groups excluding carboxylic acids is 2. The molecule has 0 radical (unpaired) electrons. The molecule has 7 heteroatoms. The summed E-state index contributed by atoms with van der Waals surface area (Å²) < 4.78 is 10.7. The number of ether oxygens (including phenoxy) is 2. The van der Waals surface area contributed by atoms with Crippen LogP contribution in [-0.4, -0.2) is 55.5 Å². The fraction of sp³-hybridized carbons (Fsp3) is 0.417. The molecule has 0 aliphatic rings. The van der Waals surface area contributed by atoms with Crippen molar-refractivity contribution >= 4 is 23.2 Å². The van der Waals surface area contributed by atoms with E-state index in [0.29, 0.717) is 44.0 Å². The summed E-state index contributed by atoms with van der Waals surface area (Å²) in [5.74, 6) is 1.25. The quantitative estimate of drug-likeness (QED) is 0.436. The first kappa shape index (κ1) is 24.5. The van der Waals surface area contributed by atoms with Crippen LogP contribution in [0.1, 0.15) is 30.2 Å². The third kappa shape index (κ3) is 7.43. The minimum absolute atomic E-state index is 0.0216. The highest BCUT2D eigenvalue weighted by Crippen LogP contribution is 2.27. The first-order valence-corrected chi connectivity index (χ1v) is 11.3. The van der Waals surface area contributed by atoms with Crippen LogP contribution in [0, 0.1) is 0 Å². The highest BCUT2D eigenvalue weighted by molar-refractivity contribution is 7.09. The normalized spacial score (nSPS) is 10.4. The van der Waals surface area contributed by atoms with Crippen molar-refractivity contribution in [3.8, 4) is 11.5 Å². The van der Waals surface area contributed by atoms with Crippen LogP contribution in [0.25, 0.3) is 0 Å². The minimum atomic E-state index is -0.0693. The Labute approximate surface area is 189 Å². The number of thiophene rings is 1. The lowest BCUT2D eigenvalue weighted by Crippen LogP contribution is -2.43. The maximum atomic E-state index is 13.2. The lowest BCUT2D eigenvalue weighted by molar-refractivity contribution is -0.140. The molecule has 31 heavy (non-hydrogen) atoms. The standard InChI is InChI=1S/C24H32N2O4S/c1-5-8-23(27)25(13-6-2)18-24(28)26(17-20-9-7-15-31-20)14-12-19-10-11-21(29-3)22(16-19)30-4/h6-7,9-11,15-16H,2,5,8,12-14,17-18H2,1,3-4H3. The second-order valence-corrected chi connectivity index (χ2v) is 8.18. The highest BCUT2D eigenvalue weighted by Gasteiger charge is 2.21. The molecule has 168 valence electrons. The molecule has 0 saturated heterocycles. The summed E-state index contributed by atoms with van der Waals surface area (Å²) in [4.78, 5) is 30.1. The number of rotatable bonds is 13. The van der Waals surface area contributed by atoms with Crippen LogP contribution in [-0.2, 0) is 22.6 Å². The predicted molar refractivity (Wildman–Crippen MR) is 125 cm³/mol. The smallest absolute Gasteiger partial charge is 0.242 e. The highest BCUT2D eigenvalue weighted by atomic mass is 32.1. The first-order chi connectivity index (χ1) is 15.0. The average molecular weight is 445 g/mol. The largest absolute Gasteiger partial charge is 0.493 e. The van der Waals surface area contributed by atoms with Gasteiger partial charge in [0.05, 0.1) is 20.8 Å². The Morgan fingerprint density at radius 1 is 1.10 bits per heavy atom. The Balaban J connectivity index is 2.13. The van der Waals surface area contributed by atoms with E-state index in [9.17, 15) is 9.59 Å². The maximum absolute atomic E-state index is 13.2. The zero-order valence-electron chi connectivity index (χ0n) is 18.6. The van der Waals surface area contributed by atoms with Gasteiger partial charge in [0.1, 0.15) is 6.54 Å². The van der Waals surface area contributed by atoms with Crippen molar-refractivity contribution in [2.45, 2.75) is 32.7 Å². The number of nitrogens with zero attached hydrogens (tertiary/aromatic N) is 2. The number of amides is 2. The lowest BCUT2D eigenvalue weighted by atomic mass is 10.1. The van der Waals surface area contributed by atoms with Crippen LogP contribution in [0.5, 0.6) is 11.5 Å². The second-order valence-electron chi connectivity index (χ2n) is 7.15. The molecule has 0 atom stereocenters. The van der Waals surface area contributed by atoms with E-state index in [-0.39, 0.29) is 18.4 Å². The van der Waals surface area contributed by atoms with E-state index in [1.165, 1.54) is 0 Å². The monoisotopic (exact) mass is 444 g/mol. The molecule has 0 spiro atoms. The number of carbonyl (C=O) groups is 2.